The standard InChI is InChI=1S/C9H10ClF2NO/c1-9(2,14)6-5(13)3-4(11)7(10)8(6)12/h3,14H,13H2,1-2H3. The number of benzene rings is 1. The van der Waals surface area contributed by atoms with E-state index >= 15 is 0 Å². The van der Waals surface area contributed by atoms with E-state index in [-0.39, 0.29) is 11.3 Å². The quantitative estimate of drug-likeness (QED) is 0.565. The molecular formula is C9H10ClF2NO. The smallest absolute Gasteiger partial charge is 0.152 e. The first-order valence-electron chi connectivity index (χ1n) is 3.91. The molecule has 0 atom stereocenters. The van der Waals surface area contributed by atoms with Gasteiger partial charge in [-0.05, 0) is 19.9 Å². The fraction of sp³-hybridized carbons (Fsp3) is 0.333. The Labute approximate surface area is 85.3 Å². The minimum atomic E-state index is -1.49. The lowest BCUT2D eigenvalue weighted by molar-refractivity contribution is 0.0753. The second-order valence-electron chi connectivity index (χ2n) is 3.51. The van der Waals surface area contributed by atoms with Gasteiger partial charge in [-0.15, -0.1) is 0 Å². The Hall–Kier alpha value is -0.870. The molecule has 0 aliphatic heterocycles. The second-order valence-corrected chi connectivity index (χ2v) is 3.89. The van der Waals surface area contributed by atoms with Gasteiger partial charge in [-0.3, -0.25) is 0 Å². The molecule has 1 aromatic rings. The third-order valence-electron chi connectivity index (χ3n) is 1.80. The molecule has 0 saturated heterocycles. The van der Waals surface area contributed by atoms with E-state index in [9.17, 15) is 13.9 Å². The van der Waals surface area contributed by atoms with Crippen molar-refractivity contribution in [1.82, 2.24) is 0 Å². The van der Waals surface area contributed by atoms with Crippen molar-refractivity contribution in [1.29, 1.82) is 0 Å². The zero-order valence-corrected chi connectivity index (χ0v) is 8.49. The van der Waals surface area contributed by atoms with Crippen molar-refractivity contribution in [3.8, 4) is 0 Å². The number of nitrogens with two attached hydrogens (primary N) is 1. The molecule has 0 fully saturated rings. The van der Waals surface area contributed by atoms with E-state index in [4.69, 9.17) is 17.3 Å². The molecule has 2 nitrogen and oxygen atoms in total. The van der Waals surface area contributed by atoms with Crippen molar-refractivity contribution in [3.05, 3.63) is 28.3 Å². The molecule has 14 heavy (non-hydrogen) atoms. The normalized spacial score (nSPS) is 11.9. The first kappa shape index (κ1) is 11.2. The molecule has 0 aromatic heterocycles. The van der Waals surface area contributed by atoms with Crippen LogP contribution in [0.15, 0.2) is 6.07 Å². The second kappa shape index (κ2) is 3.37. The predicted octanol–water partition coefficient (Wildman–Crippen LogP) is 2.43. The molecule has 0 saturated carbocycles. The van der Waals surface area contributed by atoms with E-state index < -0.39 is 22.3 Å². The molecule has 0 unspecified atom stereocenters. The van der Waals surface area contributed by atoms with E-state index in [1.807, 2.05) is 0 Å². The van der Waals surface area contributed by atoms with Crippen LogP contribution in [0.25, 0.3) is 0 Å². The maximum atomic E-state index is 13.4. The van der Waals surface area contributed by atoms with E-state index in [1.54, 1.807) is 0 Å². The van der Waals surface area contributed by atoms with Gasteiger partial charge in [0.05, 0.1) is 5.60 Å². The van der Waals surface area contributed by atoms with Crippen LogP contribution in [0.2, 0.25) is 5.02 Å². The summed E-state index contributed by atoms with van der Waals surface area (Å²) >= 11 is 5.34. The minimum Gasteiger partial charge on any atom is -0.398 e. The summed E-state index contributed by atoms with van der Waals surface area (Å²) in [6.07, 6.45) is 0. The van der Waals surface area contributed by atoms with Crippen LogP contribution in [0, 0.1) is 11.6 Å². The van der Waals surface area contributed by atoms with Gasteiger partial charge < -0.3 is 10.8 Å². The average molecular weight is 222 g/mol. The Morgan fingerprint density at radius 2 is 1.93 bits per heavy atom. The summed E-state index contributed by atoms with van der Waals surface area (Å²) in [5.41, 5.74) is 3.54. The lowest BCUT2D eigenvalue weighted by atomic mass is 9.96. The van der Waals surface area contributed by atoms with Crippen LogP contribution < -0.4 is 5.73 Å². The van der Waals surface area contributed by atoms with Crippen molar-refractivity contribution in [2.45, 2.75) is 19.4 Å². The highest BCUT2D eigenvalue weighted by atomic mass is 35.5. The Balaban J connectivity index is 3.53. The predicted molar refractivity (Wildman–Crippen MR) is 51.0 cm³/mol. The average Bonchev–Trinajstić information content (AvgIpc) is 1.97. The molecule has 0 bridgehead atoms. The molecule has 0 aliphatic carbocycles. The highest BCUT2D eigenvalue weighted by molar-refractivity contribution is 6.31. The van der Waals surface area contributed by atoms with Crippen molar-refractivity contribution < 1.29 is 13.9 Å². The molecule has 0 amide bonds. The van der Waals surface area contributed by atoms with E-state index in [0.29, 0.717) is 0 Å². The van der Waals surface area contributed by atoms with Crippen molar-refractivity contribution in [3.63, 3.8) is 0 Å². The van der Waals surface area contributed by atoms with Gasteiger partial charge in [-0.1, -0.05) is 11.6 Å². The van der Waals surface area contributed by atoms with Gasteiger partial charge in [-0.2, -0.15) is 0 Å². The topological polar surface area (TPSA) is 46.2 Å². The number of rotatable bonds is 1. The fourth-order valence-corrected chi connectivity index (χ4v) is 1.38. The Kier molecular flexibility index (Phi) is 2.69. The monoisotopic (exact) mass is 221 g/mol. The van der Waals surface area contributed by atoms with Crippen LogP contribution >= 0.6 is 11.6 Å². The number of nitrogen functional groups attached to an aromatic ring is 1. The Morgan fingerprint density at radius 3 is 2.36 bits per heavy atom. The third-order valence-corrected chi connectivity index (χ3v) is 2.15. The summed E-state index contributed by atoms with van der Waals surface area (Å²) in [5, 5.41) is 8.91. The molecule has 78 valence electrons. The fourth-order valence-electron chi connectivity index (χ4n) is 1.24. The summed E-state index contributed by atoms with van der Waals surface area (Å²) in [7, 11) is 0. The molecule has 1 aromatic carbocycles. The maximum absolute atomic E-state index is 13.4. The number of anilines is 1. The zero-order chi connectivity index (χ0) is 11.1. The molecule has 3 N–H and O–H groups in total. The van der Waals surface area contributed by atoms with Gasteiger partial charge in [0, 0.05) is 11.3 Å². The number of aliphatic hydroxyl groups is 1. The van der Waals surface area contributed by atoms with Gasteiger partial charge in [0.2, 0.25) is 0 Å². The van der Waals surface area contributed by atoms with Crippen molar-refractivity contribution in [2.24, 2.45) is 0 Å². The van der Waals surface area contributed by atoms with Crippen LogP contribution in [0.1, 0.15) is 19.4 Å². The molecule has 1 rings (SSSR count). The van der Waals surface area contributed by atoms with E-state index in [2.05, 4.69) is 0 Å². The highest BCUT2D eigenvalue weighted by Gasteiger charge is 2.27. The largest absolute Gasteiger partial charge is 0.398 e. The first-order chi connectivity index (χ1) is 6.25. The van der Waals surface area contributed by atoms with Crippen LogP contribution in [-0.4, -0.2) is 5.11 Å². The summed E-state index contributed by atoms with van der Waals surface area (Å²) in [6.45, 7) is 2.69. The van der Waals surface area contributed by atoms with Gasteiger partial charge in [0.1, 0.15) is 10.8 Å². The molecule has 0 aliphatic rings. The minimum absolute atomic E-state index is 0.156. The van der Waals surface area contributed by atoms with Crippen molar-refractivity contribution in [2.75, 3.05) is 5.73 Å². The van der Waals surface area contributed by atoms with E-state index in [0.717, 1.165) is 6.07 Å². The lowest BCUT2D eigenvalue weighted by Gasteiger charge is -2.21. The molecule has 0 radical (unpaired) electrons. The SMILES string of the molecule is CC(C)(O)c1c(N)cc(F)c(Cl)c1F. The molecule has 5 heteroatoms. The van der Waals surface area contributed by atoms with Gasteiger partial charge >= 0.3 is 0 Å². The van der Waals surface area contributed by atoms with Crippen LogP contribution in [0.5, 0.6) is 0 Å². The molecule has 0 heterocycles. The first-order valence-corrected chi connectivity index (χ1v) is 4.28. The summed E-state index contributed by atoms with van der Waals surface area (Å²) in [4.78, 5) is 0. The maximum Gasteiger partial charge on any atom is 0.152 e. The summed E-state index contributed by atoms with van der Waals surface area (Å²) < 4.78 is 26.3. The number of hydrogen-bond acceptors (Lipinski definition) is 2. The van der Waals surface area contributed by atoms with E-state index in [1.165, 1.54) is 13.8 Å². The third kappa shape index (κ3) is 1.81. The zero-order valence-electron chi connectivity index (χ0n) is 7.74. The summed E-state index contributed by atoms with van der Waals surface area (Å²) in [6, 6.07) is 0.888. The van der Waals surface area contributed by atoms with Crippen LogP contribution in [-0.2, 0) is 5.60 Å². The van der Waals surface area contributed by atoms with Gasteiger partial charge in [-0.25, -0.2) is 8.78 Å². The van der Waals surface area contributed by atoms with Gasteiger partial charge in [0.15, 0.2) is 5.82 Å². The Bertz CT molecular complexity index is 374. The van der Waals surface area contributed by atoms with Crippen molar-refractivity contribution >= 4 is 17.3 Å². The Morgan fingerprint density at radius 1 is 1.43 bits per heavy atom. The number of hydrogen-bond donors (Lipinski definition) is 2. The summed E-state index contributed by atoms with van der Waals surface area (Å²) in [5.74, 6) is -1.95. The molecular weight excluding hydrogens is 212 g/mol. The number of halogens is 3. The lowest BCUT2D eigenvalue weighted by Crippen LogP contribution is -2.20. The van der Waals surface area contributed by atoms with Crippen LogP contribution in [0.4, 0.5) is 14.5 Å². The van der Waals surface area contributed by atoms with Gasteiger partial charge in [0.25, 0.3) is 0 Å². The van der Waals surface area contributed by atoms with Crippen LogP contribution in [0.3, 0.4) is 0 Å². The molecule has 0 spiro atoms. The highest BCUT2D eigenvalue weighted by Crippen LogP contribution is 2.33.